The highest BCUT2D eigenvalue weighted by molar-refractivity contribution is 7.80. The van der Waals surface area contributed by atoms with Gasteiger partial charge in [-0.15, -0.1) is 0 Å². The molecule has 1 heterocycles. The van der Waals surface area contributed by atoms with Gasteiger partial charge in [-0.2, -0.15) is 0 Å². The van der Waals surface area contributed by atoms with Gasteiger partial charge in [0.2, 0.25) is 11.8 Å². The lowest BCUT2D eigenvalue weighted by Crippen LogP contribution is -2.49. The predicted molar refractivity (Wildman–Crippen MR) is 341 cm³/mol. The molecule has 2 amide bonds. The molecule has 0 bridgehead atoms. The van der Waals surface area contributed by atoms with Crippen molar-refractivity contribution < 1.29 is 72.7 Å². The number of aliphatic carboxylic acids is 2. The number of rotatable bonds is 34. The van der Waals surface area contributed by atoms with Gasteiger partial charge in [0.05, 0.1) is 24.6 Å². The van der Waals surface area contributed by atoms with Crippen molar-refractivity contribution in [2.45, 2.75) is 88.9 Å². The van der Waals surface area contributed by atoms with E-state index >= 15 is 0 Å². The van der Waals surface area contributed by atoms with Crippen molar-refractivity contribution in [1.29, 1.82) is 0 Å². The zero-order chi connectivity index (χ0) is 64.7. The first-order chi connectivity index (χ1) is 43.2. The van der Waals surface area contributed by atoms with Crippen LogP contribution in [0.3, 0.4) is 0 Å². The maximum atomic E-state index is 14.6. The number of aromatic hydroxyl groups is 1. The summed E-state index contributed by atoms with van der Waals surface area (Å²) in [7, 11) is 0. The minimum absolute atomic E-state index is 0.0311. The standard InChI is InChI=1S/C66H66N6O16S2/c73-38-87-58(26-27-59(79)80)72-66(90)70-53(64(85)86)25-21-45(74)32-42(29-39-11-4-1-5-12-39)61(81)67-28-10-17-48(77)37-68-62(82)43(30-40-13-6-2-7-14-40)33-55(78)54(31-41-15-8-3-9-16-41)71-65(89)69-44-18-22-49(52(34-44)63(83)84)60-50-23-19-46(75)35-56(50)88-57-36-47(76)20-24-51(57)60/h1-9,11-16,18-20,22-24,34-36,38,42-43,53-54,58,75H,10,17,21,25-33,37H2,(H,67,81)(H,68,82)(H,79,80)(H,83,84)(H,85,86)(H2,69,71,89)(H2,70,72,90)/t42-,43-,53+,54+,58-/m1/s1. The number of carbonyl (C=O) groups excluding carboxylic acids is 6. The van der Waals surface area contributed by atoms with Gasteiger partial charge in [-0.25, -0.2) is 9.59 Å². The zero-order valence-corrected chi connectivity index (χ0v) is 50.2. The second kappa shape index (κ2) is 33.2. The molecule has 0 unspecified atom stereocenters. The Morgan fingerprint density at radius 1 is 0.600 bits per heavy atom. The molecule has 0 radical (unpaired) electrons. The number of ketones is 3. The van der Waals surface area contributed by atoms with Crippen LogP contribution in [-0.4, -0.2) is 116 Å². The van der Waals surface area contributed by atoms with Gasteiger partial charge >= 0.3 is 17.9 Å². The number of fused-ring (bicyclic) bond motifs is 2. The van der Waals surface area contributed by atoms with Gasteiger partial charge < -0.3 is 61.5 Å². The molecule has 5 atom stereocenters. The van der Waals surface area contributed by atoms with Crippen LogP contribution in [0.2, 0.25) is 0 Å². The summed E-state index contributed by atoms with van der Waals surface area (Å²) in [5.74, 6) is -7.75. The zero-order valence-electron chi connectivity index (χ0n) is 48.5. The van der Waals surface area contributed by atoms with Gasteiger partial charge in [-0.1, -0.05) is 97.1 Å². The van der Waals surface area contributed by atoms with Gasteiger partial charge in [0, 0.05) is 84.8 Å². The number of phenols is 1. The fourth-order valence-electron chi connectivity index (χ4n) is 10.1. The summed E-state index contributed by atoms with van der Waals surface area (Å²) in [5.41, 5.74) is 3.46. The van der Waals surface area contributed by atoms with E-state index in [4.69, 9.17) is 38.7 Å². The van der Waals surface area contributed by atoms with Gasteiger partial charge in [-0.3, -0.25) is 38.4 Å². The number of benzene rings is 6. The Balaban J connectivity index is 0.962. The number of ether oxygens (including phenoxy) is 1. The Hall–Kier alpha value is -10.2. The molecule has 0 aromatic heterocycles. The predicted octanol–water partition coefficient (Wildman–Crippen LogP) is 7.15. The molecular formula is C66H66N6O16S2. The third-order valence-electron chi connectivity index (χ3n) is 14.6. The van der Waals surface area contributed by atoms with Crippen LogP contribution in [-0.2, 0) is 62.4 Å². The molecule has 1 aliphatic heterocycles. The lowest BCUT2D eigenvalue weighted by Gasteiger charge is -2.23. The van der Waals surface area contributed by atoms with Gasteiger partial charge in [0.15, 0.2) is 33.4 Å². The lowest BCUT2D eigenvalue weighted by molar-refractivity contribution is -0.141. The number of hydrogen-bond donors (Lipinski definition) is 10. The number of aromatic carboxylic acids is 1. The first kappa shape index (κ1) is 67.3. The van der Waals surface area contributed by atoms with Crippen LogP contribution in [0.25, 0.3) is 33.4 Å². The normalized spacial score (nSPS) is 12.6. The van der Waals surface area contributed by atoms with Crippen molar-refractivity contribution in [1.82, 2.24) is 26.6 Å². The monoisotopic (exact) mass is 1260 g/mol. The average Bonchev–Trinajstić information content (AvgIpc) is 0.771. The minimum Gasteiger partial charge on any atom is -0.508 e. The molecule has 0 fully saturated rings. The number of thiocarbonyl (C=S) groups is 2. The Bertz CT molecular complexity index is 3770. The van der Waals surface area contributed by atoms with Crippen molar-refractivity contribution in [3.63, 3.8) is 0 Å². The molecule has 5 aromatic carbocycles. The second-order valence-electron chi connectivity index (χ2n) is 21.3. The quantitative estimate of drug-likeness (QED) is 0.00629. The summed E-state index contributed by atoms with van der Waals surface area (Å²) in [6, 6.07) is 37.8. The molecule has 2 aliphatic rings. The molecular weight excluding hydrogens is 1200 g/mol. The minimum atomic E-state index is -1.38. The topological polar surface area (TPSA) is 346 Å². The number of phenolic OH excluding ortho intramolecular Hbond substituents is 1. The number of hydrogen-bond acceptors (Lipinski definition) is 15. The fraction of sp³-hybridized carbons (Fsp3) is 0.273. The SMILES string of the molecule is O=CO[C@H](CCC(=O)O)NC(=S)N[C@@H](CCC(=O)C[C@@H](Cc1ccccc1)C(=O)NCCCC(=O)CNC(=O)[C@@H](CC(=O)[C@H](Cc1ccccc1)NC(=S)Nc1ccc(-c2c3ccc(=O)cc-3oc3cc(O)ccc23)c(C(=O)O)c1)Cc1ccccc1)C(=O)O. The Morgan fingerprint density at radius 2 is 1.21 bits per heavy atom. The maximum absolute atomic E-state index is 14.6. The number of carbonyl (C=O) groups is 9. The molecule has 5 aromatic rings. The van der Waals surface area contributed by atoms with E-state index in [9.17, 15) is 63.3 Å². The van der Waals surface area contributed by atoms with E-state index in [1.54, 1.807) is 66.7 Å². The molecule has 24 heteroatoms. The van der Waals surface area contributed by atoms with Crippen molar-refractivity contribution >= 4 is 105 Å². The van der Waals surface area contributed by atoms with E-state index in [1.165, 1.54) is 30.3 Å². The average molecular weight is 1260 g/mol. The molecule has 0 saturated carbocycles. The van der Waals surface area contributed by atoms with Crippen LogP contribution in [0.15, 0.2) is 155 Å². The van der Waals surface area contributed by atoms with E-state index in [0.717, 1.165) is 16.7 Å². The number of nitrogens with one attached hydrogen (secondary N) is 6. The Kier molecular flexibility index (Phi) is 24.9. The number of carboxylic acids is 3. The van der Waals surface area contributed by atoms with Crippen LogP contribution in [0.5, 0.6) is 5.75 Å². The largest absolute Gasteiger partial charge is 0.508 e. The number of amides is 2. The smallest absolute Gasteiger partial charge is 0.336 e. The van der Waals surface area contributed by atoms with Crippen molar-refractivity contribution in [3.05, 3.63) is 178 Å². The van der Waals surface area contributed by atoms with Crippen LogP contribution in [0.4, 0.5) is 5.69 Å². The molecule has 22 nitrogen and oxygen atoms in total. The first-order valence-electron chi connectivity index (χ1n) is 28.7. The maximum Gasteiger partial charge on any atom is 0.336 e. The van der Waals surface area contributed by atoms with Gasteiger partial charge in [0.1, 0.15) is 28.9 Å². The highest BCUT2D eigenvalue weighted by Gasteiger charge is 2.30. The summed E-state index contributed by atoms with van der Waals surface area (Å²) in [5, 5.41) is 56.6. The summed E-state index contributed by atoms with van der Waals surface area (Å²) in [6.45, 7) is -0.256. The Labute approximate surface area is 527 Å². The highest BCUT2D eigenvalue weighted by Crippen LogP contribution is 2.42. The first-order valence-corrected chi connectivity index (χ1v) is 29.5. The summed E-state index contributed by atoms with van der Waals surface area (Å²) in [4.78, 5) is 128. The van der Waals surface area contributed by atoms with E-state index in [2.05, 4.69) is 31.9 Å². The van der Waals surface area contributed by atoms with Crippen molar-refractivity contribution in [2.75, 3.05) is 18.4 Å². The molecule has 7 rings (SSSR count). The lowest BCUT2D eigenvalue weighted by atomic mass is 9.89. The molecule has 1 aliphatic carbocycles. The number of carboxylic acid groups (broad SMARTS) is 3. The van der Waals surface area contributed by atoms with Gasteiger partial charge in [-0.05, 0) is 115 Å². The molecule has 0 saturated heterocycles. The third-order valence-corrected chi connectivity index (χ3v) is 15.0. The summed E-state index contributed by atoms with van der Waals surface area (Å²) in [6.07, 6.45) is -2.19. The summed E-state index contributed by atoms with van der Waals surface area (Å²) >= 11 is 10.9. The van der Waals surface area contributed by atoms with E-state index in [0.29, 0.717) is 16.5 Å². The van der Waals surface area contributed by atoms with E-state index in [1.807, 2.05) is 48.5 Å². The number of anilines is 1. The van der Waals surface area contributed by atoms with Crippen LogP contribution >= 0.6 is 24.4 Å². The second-order valence-corrected chi connectivity index (χ2v) is 22.1. The van der Waals surface area contributed by atoms with Crippen LogP contribution in [0.1, 0.15) is 78.4 Å². The van der Waals surface area contributed by atoms with Crippen molar-refractivity contribution in [3.8, 4) is 28.2 Å². The molecule has 0 spiro atoms. The summed E-state index contributed by atoms with van der Waals surface area (Å²) < 4.78 is 10.8. The third kappa shape index (κ3) is 20.4. The van der Waals surface area contributed by atoms with E-state index in [-0.39, 0.29) is 151 Å². The van der Waals surface area contributed by atoms with Crippen molar-refractivity contribution in [2.24, 2.45) is 11.8 Å². The number of Topliss-reactive ketones (excluding diaryl/α,β-unsaturated/α-hetero) is 3. The van der Waals surface area contributed by atoms with Gasteiger partial charge in [0.25, 0.3) is 6.47 Å². The fourth-order valence-corrected chi connectivity index (χ4v) is 10.7. The Morgan fingerprint density at radius 3 is 1.83 bits per heavy atom. The van der Waals surface area contributed by atoms with E-state index < -0.39 is 65.7 Å². The highest BCUT2D eigenvalue weighted by atomic mass is 32.1. The molecule has 468 valence electrons. The van der Waals surface area contributed by atoms with Crippen LogP contribution < -0.4 is 37.3 Å². The molecule has 10 N–H and O–H groups in total. The molecule has 90 heavy (non-hydrogen) atoms. The van der Waals surface area contributed by atoms with Crippen LogP contribution in [0, 0.1) is 11.8 Å².